The van der Waals surface area contributed by atoms with E-state index in [0.29, 0.717) is 62.2 Å². The fraction of sp³-hybridized carbons (Fsp3) is 0.682. The number of piperidine rings is 1. The van der Waals surface area contributed by atoms with Crippen molar-refractivity contribution in [3.05, 3.63) is 23.8 Å². The Hall–Kier alpha value is -1.30. The fourth-order valence-corrected chi connectivity index (χ4v) is 6.01. The first-order valence-electron chi connectivity index (χ1n) is 11.6. The van der Waals surface area contributed by atoms with Crippen LogP contribution in [0.3, 0.4) is 0 Å². The van der Waals surface area contributed by atoms with E-state index in [1.54, 1.807) is 10.4 Å². The van der Waals surface area contributed by atoms with Gasteiger partial charge in [-0.1, -0.05) is 6.07 Å². The minimum atomic E-state index is -3.15. The quantitative estimate of drug-likeness (QED) is 0.515. The number of likely N-dealkylation sites (tertiary alicyclic amines) is 1. The fourth-order valence-electron chi connectivity index (χ4n) is 4.52. The van der Waals surface area contributed by atoms with Gasteiger partial charge in [0.1, 0.15) is 13.2 Å². The van der Waals surface area contributed by atoms with E-state index in [2.05, 4.69) is 15.5 Å². The van der Waals surface area contributed by atoms with Crippen LogP contribution in [-0.4, -0.2) is 94.9 Å². The highest BCUT2D eigenvalue weighted by molar-refractivity contribution is 7.89. The average molecular weight is 540 g/mol. The van der Waals surface area contributed by atoms with Crippen molar-refractivity contribution < 1.29 is 22.7 Å². The number of hydrogen-bond donors (Lipinski definition) is 2. The van der Waals surface area contributed by atoms with Gasteiger partial charge >= 0.3 is 0 Å². The van der Waals surface area contributed by atoms with Gasteiger partial charge in [0.15, 0.2) is 11.5 Å². The van der Waals surface area contributed by atoms with Gasteiger partial charge in [-0.15, -0.1) is 24.8 Å². The molecule has 1 aromatic rings. The number of ether oxygens (including phenoxy) is 2. The van der Waals surface area contributed by atoms with E-state index < -0.39 is 10.0 Å². The molecular weight excluding hydrogens is 503 g/mol. The monoisotopic (exact) mass is 538 g/mol. The lowest BCUT2D eigenvalue weighted by Gasteiger charge is -2.32. The maximum Gasteiger partial charge on any atom is 0.255 e. The number of hydrogen-bond acceptors (Lipinski definition) is 7. The molecule has 0 unspecified atom stereocenters. The maximum atomic E-state index is 12.7. The Bertz CT molecular complexity index is 891. The molecule has 0 atom stereocenters. The summed E-state index contributed by atoms with van der Waals surface area (Å²) in [5.41, 5.74) is 0.519. The number of benzene rings is 1. The summed E-state index contributed by atoms with van der Waals surface area (Å²) in [5.74, 6) is 1.67. The highest BCUT2D eigenvalue weighted by Crippen LogP contribution is 2.33. The standard InChI is InChI=1S/C22H34N4O5S.2ClH/c27-22(19-3-1-4-20-21(19)31-15-14-30-20)24-17-18-5-10-25(11-6-18)9-2-16-32(28,29)26-12-7-23-8-13-26;;/h1,3-4,18,23H,2,5-17H2,(H,24,27);2*1H. The van der Waals surface area contributed by atoms with Gasteiger partial charge in [-0.05, 0) is 56.9 Å². The highest BCUT2D eigenvalue weighted by Gasteiger charge is 2.25. The molecule has 0 aliphatic carbocycles. The number of amides is 1. The molecule has 0 radical (unpaired) electrons. The summed E-state index contributed by atoms with van der Waals surface area (Å²) < 4.78 is 37.7. The SMILES string of the molecule is Cl.Cl.O=C(NCC1CCN(CCCS(=O)(=O)N2CCNCC2)CC1)c1cccc2c1OCCO2. The van der Waals surface area contributed by atoms with Gasteiger partial charge in [-0.2, -0.15) is 4.31 Å². The molecule has 194 valence electrons. The van der Waals surface area contributed by atoms with Gasteiger partial charge < -0.3 is 25.0 Å². The van der Waals surface area contributed by atoms with Gasteiger partial charge in [0.25, 0.3) is 5.91 Å². The van der Waals surface area contributed by atoms with E-state index in [0.717, 1.165) is 45.6 Å². The Morgan fingerprint density at radius 2 is 1.76 bits per heavy atom. The summed E-state index contributed by atoms with van der Waals surface area (Å²) in [4.78, 5) is 15.0. The van der Waals surface area contributed by atoms with Gasteiger partial charge in [-0.25, -0.2) is 8.42 Å². The van der Waals surface area contributed by atoms with Crippen molar-refractivity contribution in [3.8, 4) is 11.5 Å². The van der Waals surface area contributed by atoms with Gasteiger partial charge in [0.05, 0.1) is 11.3 Å². The molecule has 1 aromatic carbocycles. The number of sulfonamides is 1. The molecule has 3 aliphatic heterocycles. The van der Waals surface area contributed by atoms with Crippen LogP contribution in [0.1, 0.15) is 29.6 Å². The summed E-state index contributed by atoms with van der Waals surface area (Å²) in [6.07, 6.45) is 2.66. The second-order valence-corrected chi connectivity index (χ2v) is 10.7. The van der Waals surface area contributed by atoms with Crippen molar-refractivity contribution in [2.45, 2.75) is 19.3 Å². The Labute approximate surface area is 214 Å². The number of fused-ring (bicyclic) bond motifs is 1. The van der Waals surface area contributed by atoms with Crippen LogP contribution in [0.25, 0.3) is 0 Å². The summed E-state index contributed by atoms with van der Waals surface area (Å²) in [6, 6.07) is 5.39. The molecule has 34 heavy (non-hydrogen) atoms. The Balaban J connectivity index is 0.00000204. The lowest BCUT2D eigenvalue weighted by Crippen LogP contribution is -2.47. The third kappa shape index (κ3) is 7.60. The molecule has 3 aliphatic rings. The predicted molar refractivity (Wildman–Crippen MR) is 136 cm³/mol. The number of piperazine rings is 1. The Morgan fingerprint density at radius 3 is 2.50 bits per heavy atom. The zero-order chi connectivity index (χ0) is 22.4. The largest absolute Gasteiger partial charge is 0.486 e. The molecule has 0 spiro atoms. The minimum absolute atomic E-state index is 0. The summed E-state index contributed by atoms with van der Waals surface area (Å²) in [7, 11) is -3.15. The van der Waals surface area contributed by atoms with Crippen LogP contribution in [0.15, 0.2) is 18.2 Å². The van der Waals surface area contributed by atoms with Crippen molar-refractivity contribution in [1.82, 2.24) is 19.8 Å². The van der Waals surface area contributed by atoms with Crippen molar-refractivity contribution in [2.75, 3.05) is 71.3 Å². The van der Waals surface area contributed by atoms with Crippen LogP contribution in [0, 0.1) is 5.92 Å². The smallest absolute Gasteiger partial charge is 0.255 e. The Morgan fingerprint density at radius 1 is 1.06 bits per heavy atom. The molecule has 2 N–H and O–H groups in total. The topological polar surface area (TPSA) is 100 Å². The molecule has 0 aromatic heterocycles. The number of para-hydroxylation sites is 1. The van der Waals surface area contributed by atoms with Crippen LogP contribution in [0.4, 0.5) is 0 Å². The molecule has 4 rings (SSSR count). The van der Waals surface area contributed by atoms with E-state index in [4.69, 9.17) is 9.47 Å². The van der Waals surface area contributed by atoms with Crippen molar-refractivity contribution in [2.24, 2.45) is 5.92 Å². The van der Waals surface area contributed by atoms with Crippen LogP contribution >= 0.6 is 24.8 Å². The lowest BCUT2D eigenvalue weighted by molar-refractivity contribution is 0.0925. The van der Waals surface area contributed by atoms with E-state index in [-0.39, 0.29) is 36.5 Å². The van der Waals surface area contributed by atoms with Gasteiger partial charge in [0, 0.05) is 32.7 Å². The van der Waals surface area contributed by atoms with Gasteiger partial charge in [0.2, 0.25) is 10.0 Å². The van der Waals surface area contributed by atoms with Gasteiger partial charge in [-0.3, -0.25) is 4.79 Å². The number of carbonyl (C=O) groups is 1. The first-order chi connectivity index (χ1) is 15.5. The molecule has 0 saturated carbocycles. The summed E-state index contributed by atoms with van der Waals surface area (Å²) in [5, 5.41) is 6.24. The van der Waals surface area contributed by atoms with Crippen molar-refractivity contribution >= 4 is 40.7 Å². The van der Waals surface area contributed by atoms with E-state index in [9.17, 15) is 13.2 Å². The maximum absolute atomic E-state index is 12.7. The number of nitrogens with one attached hydrogen (secondary N) is 2. The molecule has 1 amide bonds. The van der Waals surface area contributed by atoms with Crippen molar-refractivity contribution in [1.29, 1.82) is 0 Å². The summed E-state index contributed by atoms with van der Waals surface area (Å²) >= 11 is 0. The normalized spacial score (nSPS) is 19.5. The zero-order valence-corrected chi connectivity index (χ0v) is 21.8. The molecule has 3 heterocycles. The molecule has 12 heteroatoms. The number of carbonyl (C=O) groups excluding carboxylic acids is 1. The Kier molecular flexibility index (Phi) is 11.7. The third-order valence-corrected chi connectivity index (χ3v) is 8.37. The number of halogens is 2. The van der Waals surface area contributed by atoms with E-state index >= 15 is 0 Å². The minimum Gasteiger partial charge on any atom is -0.486 e. The highest BCUT2D eigenvalue weighted by atomic mass is 35.5. The molecule has 9 nitrogen and oxygen atoms in total. The lowest BCUT2D eigenvalue weighted by atomic mass is 9.96. The van der Waals surface area contributed by atoms with Crippen LogP contribution in [0.2, 0.25) is 0 Å². The van der Waals surface area contributed by atoms with E-state index in [1.807, 2.05) is 12.1 Å². The van der Waals surface area contributed by atoms with E-state index in [1.165, 1.54) is 0 Å². The first kappa shape index (κ1) is 28.9. The second-order valence-electron chi connectivity index (χ2n) is 8.64. The second kappa shape index (κ2) is 13.7. The number of nitrogens with zero attached hydrogens (tertiary/aromatic N) is 2. The molecule has 2 saturated heterocycles. The number of rotatable bonds is 8. The van der Waals surface area contributed by atoms with Crippen LogP contribution < -0.4 is 20.1 Å². The molecule has 2 fully saturated rings. The zero-order valence-electron chi connectivity index (χ0n) is 19.4. The van der Waals surface area contributed by atoms with Crippen LogP contribution in [-0.2, 0) is 10.0 Å². The predicted octanol–water partition coefficient (Wildman–Crippen LogP) is 1.37. The molecule has 0 bridgehead atoms. The van der Waals surface area contributed by atoms with Crippen LogP contribution in [0.5, 0.6) is 11.5 Å². The third-order valence-electron chi connectivity index (χ3n) is 6.42. The average Bonchev–Trinajstić information content (AvgIpc) is 2.83. The summed E-state index contributed by atoms with van der Waals surface area (Å²) in [6.45, 7) is 6.87. The first-order valence-corrected chi connectivity index (χ1v) is 13.2. The molecular formula is C22H36Cl2N4O5S. The van der Waals surface area contributed by atoms with Crippen molar-refractivity contribution in [3.63, 3.8) is 0 Å².